The van der Waals surface area contributed by atoms with Gasteiger partial charge in [-0.25, -0.2) is 4.68 Å². The van der Waals surface area contributed by atoms with E-state index in [-0.39, 0.29) is 5.91 Å². The van der Waals surface area contributed by atoms with Crippen LogP contribution in [0.5, 0.6) is 0 Å². The van der Waals surface area contributed by atoms with Gasteiger partial charge in [0, 0.05) is 19.1 Å². The maximum absolute atomic E-state index is 12.2. The number of nitrogens with one attached hydrogen (secondary N) is 2. The van der Waals surface area contributed by atoms with Gasteiger partial charge in [0.2, 0.25) is 0 Å². The first-order valence-corrected chi connectivity index (χ1v) is 7.66. The molecule has 6 heteroatoms. The molecule has 20 heavy (non-hydrogen) atoms. The molecule has 6 nitrogen and oxygen atoms in total. The molecule has 0 bridgehead atoms. The van der Waals surface area contributed by atoms with Crippen LogP contribution in [0.3, 0.4) is 0 Å². The third-order valence-corrected chi connectivity index (χ3v) is 4.47. The van der Waals surface area contributed by atoms with Gasteiger partial charge in [-0.1, -0.05) is 25.0 Å². The van der Waals surface area contributed by atoms with Crippen molar-refractivity contribution in [2.45, 2.75) is 51.1 Å². The molecule has 1 aliphatic carbocycles. The van der Waals surface area contributed by atoms with Crippen LogP contribution in [0.25, 0.3) is 0 Å². The Labute approximate surface area is 119 Å². The Bertz CT molecular complexity index is 468. The highest BCUT2D eigenvalue weighted by Gasteiger charge is 2.23. The highest BCUT2D eigenvalue weighted by atomic mass is 16.2. The van der Waals surface area contributed by atoms with Gasteiger partial charge in [0.1, 0.15) is 0 Å². The smallest absolute Gasteiger partial charge is 0.273 e. The van der Waals surface area contributed by atoms with Crippen LogP contribution < -0.4 is 10.6 Å². The van der Waals surface area contributed by atoms with Gasteiger partial charge in [-0.05, 0) is 25.2 Å². The summed E-state index contributed by atoms with van der Waals surface area (Å²) >= 11 is 0. The van der Waals surface area contributed by atoms with E-state index in [1.165, 1.54) is 19.3 Å². The first-order valence-electron chi connectivity index (χ1n) is 7.66. The molecular weight excluding hydrogens is 254 g/mol. The van der Waals surface area contributed by atoms with E-state index in [4.69, 9.17) is 0 Å². The van der Waals surface area contributed by atoms with Crippen LogP contribution in [0.15, 0.2) is 6.20 Å². The third kappa shape index (κ3) is 3.00. The Morgan fingerprint density at radius 2 is 2.20 bits per heavy atom. The van der Waals surface area contributed by atoms with Gasteiger partial charge in [-0.3, -0.25) is 4.79 Å². The summed E-state index contributed by atoms with van der Waals surface area (Å²) in [7, 11) is 0. The van der Waals surface area contributed by atoms with E-state index in [9.17, 15) is 4.79 Å². The van der Waals surface area contributed by atoms with Crippen LogP contribution in [-0.4, -0.2) is 40.0 Å². The monoisotopic (exact) mass is 277 g/mol. The zero-order chi connectivity index (χ0) is 13.9. The van der Waals surface area contributed by atoms with Crippen LogP contribution in [0.4, 0.5) is 0 Å². The fraction of sp³-hybridized carbons (Fsp3) is 0.786. The minimum absolute atomic E-state index is 0.0805. The van der Waals surface area contributed by atoms with Crippen LogP contribution in [0.1, 0.15) is 55.6 Å². The summed E-state index contributed by atoms with van der Waals surface area (Å²) in [6, 6.07) is 0.644. The molecule has 1 aliphatic heterocycles. The second-order valence-corrected chi connectivity index (χ2v) is 6.18. The molecule has 2 atom stereocenters. The minimum atomic E-state index is -0.0805. The maximum atomic E-state index is 12.2. The highest BCUT2D eigenvalue weighted by molar-refractivity contribution is 5.92. The maximum Gasteiger partial charge on any atom is 0.273 e. The number of aromatic nitrogens is 3. The molecule has 2 N–H and O–H groups in total. The summed E-state index contributed by atoms with van der Waals surface area (Å²) in [6.45, 7) is 4.11. The molecule has 2 aliphatic rings. The number of carbonyl (C=O) groups excluding carboxylic acids is 1. The van der Waals surface area contributed by atoms with E-state index in [2.05, 4.69) is 27.9 Å². The van der Waals surface area contributed by atoms with E-state index in [0.29, 0.717) is 17.8 Å². The Morgan fingerprint density at radius 1 is 1.35 bits per heavy atom. The molecule has 1 aromatic rings. The summed E-state index contributed by atoms with van der Waals surface area (Å²) < 4.78 is 1.79. The minimum Gasteiger partial charge on any atom is -0.348 e. The van der Waals surface area contributed by atoms with Gasteiger partial charge in [0.15, 0.2) is 5.69 Å². The van der Waals surface area contributed by atoms with Gasteiger partial charge >= 0.3 is 0 Å². The van der Waals surface area contributed by atoms with Crippen molar-refractivity contribution < 1.29 is 4.79 Å². The van der Waals surface area contributed by atoms with E-state index >= 15 is 0 Å². The predicted molar refractivity (Wildman–Crippen MR) is 75.4 cm³/mol. The number of rotatable bonds is 3. The number of carbonyl (C=O) groups is 1. The molecule has 3 rings (SSSR count). The van der Waals surface area contributed by atoms with Crippen LogP contribution in [0, 0.1) is 5.92 Å². The van der Waals surface area contributed by atoms with Gasteiger partial charge in [-0.2, -0.15) is 0 Å². The molecule has 1 aromatic heterocycles. The Kier molecular flexibility index (Phi) is 4.00. The van der Waals surface area contributed by atoms with Crippen LogP contribution >= 0.6 is 0 Å². The number of nitrogens with zero attached hydrogens (tertiary/aromatic N) is 3. The first-order chi connectivity index (χ1) is 9.72. The van der Waals surface area contributed by atoms with Crippen molar-refractivity contribution in [3.63, 3.8) is 0 Å². The molecule has 2 unspecified atom stereocenters. The van der Waals surface area contributed by atoms with Crippen molar-refractivity contribution in [1.82, 2.24) is 25.6 Å². The number of hydrogen-bond acceptors (Lipinski definition) is 4. The SMILES string of the molecule is CC1CCCC(NC(=O)c2cn(C3CNC3)nn2)CC1. The van der Waals surface area contributed by atoms with Crippen molar-refractivity contribution in [1.29, 1.82) is 0 Å². The Balaban J connectivity index is 1.56. The molecule has 0 aromatic carbocycles. The first kappa shape index (κ1) is 13.5. The summed E-state index contributed by atoms with van der Waals surface area (Å²) in [4.78, 5) is 12.2. The average Bonchev–Trinajstić information content (AvgIpc) is 2.74. The molecular formula is C14H23N5O. The lowest BCUT2D eigenvalue weighted by Crippen LogP contribution is -2.43. The molecule has 1 saturated heterocycles. The molecule has 110 valence electrons. The largest absolute Gasteiger partial charge is 0.348 e. The lowest BCUT2D eigenvalue weighted by atomic mass is 10.0. The fourth-order valence-electron chi connectivity index (χ4n) is 2.91. The topological polar surface area (TPSA) is 71.8 Å². The summed E-state index contributed by atoms with van der Waals surface area (Å²) in [5.74, 6) is 0.701. The van der Waals surface area contributed by atoms with E-state index in [1.807, 2.05) is 0 Å². The van der Waals surface area contributed by atoms with Crippen LogP contribution in [0.2, 0.25) is 0 Å². The summed E-state index contributed by atoms with van der Waals surface area (Å²) in [6.07, 6.45) is 7.60. The van der Waals surface area contributed by atoms with Crippen molar-refractivity contribution in [3.8, 4) is 0 Å². The summed E-state index contributed by atoms with van der Waals surface area (Å²) in [5, 5.41) is 14.3. The highest BCUT2D eigenvalue weighted by Crippen LogP contribution is 2.22. The zero-order valence-electron chi connectivity index (χ0n) is 12.0. The van der Waals surface area contributed by atoms with E-state index in [0.717, 1.165) is 31.8 Å². The van der Waals surface area contributed by atoms with Crippen molar-refractivity contribution in [3.05, 3.63) is 11.9 Å². The predicted octanol–water partition coefficient (Wildman–Crippen LogP) is 1.12. The Morgan fingerprint density at radius 3 is 2.95 bits per heavy atom. The van der Waals surface area contributed by atoms with Crippen LogP contribution in [-0.2, 0) is 0 Å². The molecule has 1 amide bonds. The van der Waals surface area contributed by atoms with Gasteiger partial charge in [-0.15, -0.1) is 5.10 Å². The molecule has 0 radical (unpaired) electrons. The summed E-state index contributed by atoms with van der Waals surface area (Å²) in [5.41, 5.74) is 0.439. The average molecular weight is 277 g/mol. The zero-order valence-corrected chi connectivity index (χ0v) is 12.0. The molecule has 2 fully saturated rings. The second kappa shape index (κ2) is 5.91. The van der Waals surface area contributed by atoms with Gasteiger partial charge in [0.25, 0.3) is 5.91 Å². The van der Waals surface area contributed by atoms with Crippen molar-refractivity contribution in [2.75, 3.05) is 13.1 Å². The second-order valence-electron chi connectivity index (χ2n) is 6.18. The molecule has 1 saturated carbocycles. The fourth-order valence-corrected chi connectivity index (χ4v) is 2.91. The molecule has 0 spiro atoms. The lowest BCUT2D eigenvalue weighted by Gasteiger charge is -2.26. The van der Waals surface area contributed by atoms with E-state index < -0.39 is 0 Å². The lowest BCUT2D eigenvalue weighted by molar-refractivity contribution is 0.0928. The number of amides is 1. The quantitative estimate of drug-likeness (QED) is 0.812. The number of hydrogen-bond donors (Lipinski definition) is 2. The van der Waals surface area contributed by atoms with Crippen molar-refractivity contribution in [2.24, 2.45) is 5.92 Å². The normalized spacial score (nSPS) is 27.6. The molecule has 2 heterocycles. The third-order valence-electron chi connectivity index (χ3n) is 4.47. The van der Waals surface area contributed by atoms with Crippen molar-refractivity contribution >= 4 is 5.91 Å². The van der Waals surface area contributed by atoms with Gasteiger partial charge in [0.05, 0.1) is 12.2 Å². The van der Waals surface area contributed by atoms with E-state index in [1.54, 1.807) is 10.9 Å². The van der Waals surface area contributed by atoms with Gasteiger partial charge < -0.3 is 10.6 Å². The Hall–Kier alpha value is -1.43. The standard InChI is InChI=1S/C14H23N5O/c1-10-3-2-4-11(6-5-10)16-14(20)13-9-19(18-17-13)12-7-15-8-12/h9-12,15H,2-8H2,1H3,(H,16,20).